The lowest BCUT2D eigenvalue weighted by atomic mass is 9.85. The molecule has 1 saturated carbocycles. The number of nitrogens with zero attached hydrogens (tertiary/aromatic N) is 1. The fraction of sp³-hybridized carbons (Fsp3) is 0.846. The number of nitrogens with one attached hydrogen (secondary N) is 1. The van der Waals surface area contributed by atoms with Crippen LogP contribution in [0, 0.1) is 17.3 Å². The maximum Gasteiger partial charge on any atom is 0.233 e. The first-order valence-corrected chi connectivity index (χ1v) is 6.70. The molecule has 0 aromatic rings. The molecular formula is C13H25N3O2. The van der Waals surface area contributed by atoms with Crippen molar-refractivity contribution in [3.8, 4) is 0 Å². The molecule has 3 unspecified atom stereocenters. The molecule has 0 aromatic carbocycles. The summed E-state index contributed by atoms with van der Waals surface area (Å²) in [4.78, 5) is 12.2. The number of rotatable bonds is 5. The van der Waals surface area contributed by atoms with Crippen molar-refractivity contribution in [2.24, 2.45) is 28.1 Å². The molecule has 1 amide bonds. The standard InChI is InChI=1S/C13H25N3O2/c1-4-13(3,11(14)16-18)12(17)15-8-10-6-5-9(2)7-10/h9-10,18H,4-8H2,1-3H3,(H2,14,16)(H,15,17). The summed E-state index contributed by atoms with van der Waals surface area (Å²) in [6.07, 6.45) is 4.10. The number of amidine groups is 1. The Morgan fingerprint density at radius 2 is 2.22 bits per heavy atom. The number of carbonyl (C=O) groups is 1. The van der Waals surface area contributed by atoms with E-state index in [0.29, 0.717) is 18.9 Å². The van der Waals surface area contributed by atoms with E-state index in [1.165, 1.54) is 19.3 Å². The average molecular weight is 255 g/mol. The second kappa shape index (κ2) is 6.07. The molecule has 0 heterocycles. The summed E-state index contributed by atoms with van der Waals surface area (Å²) in [5.74, 6) is 1.15. The average Bonchev–Trinajstić information content (AvgIpc) is 2.79. The zero-order valence-electron chi connectivity index (χ0n) is 11.6. The van der Waals surface area contributed by atoms with Crippen molar-refractivity contribution in [2.75, 3.05) is 6.54 Å². The highest BCUT2D eigenvalue weighted by atomic mass is 16.4. The molecule has 1 aliphatic rings. The highest BCUT2D eigenvalue weighted by Crippen LogP contribution is 2.30. The van der Waals surface area contributed by atoms with Crippen LogP contribution in [0.5, 0.6) is 0 Å². The molecule has 1 fully saturated rings. The van der Waals surface area contributed by atoms with E-state index in [9.17, 15) is 4.79 Å². The summed E-state index contributed by atoms with van der Waals surface area (Å²) in [5, 5.41) is 14.7. The Morgan fingerprint density at radius 1 is 1.56 bits per heavy atom. The van der Waals surface area contributed by atoms with Gasteiger partial charge in [-0.1, -0.05) is 25.4 Å². The largest absolute Gasteiger partial charge is 0.409 e. The summed E-state index contributed by atoms with van der Waals surface area (Å²) in [6, 6.07) is 0. The van der Waals surface area contributed by atoms with Crippen molar-refractivity contribution in [2.45, 2.75) is 46.5 Å². The molecular weight excluding hydrogens is 230 g/mol. The molecule has 0 aliphatic heterocycles. The summed E-state index contributed by atoms with van der Waals surface area (Å²) in [5.41, 5.74) is 4.69. The lowest BCUT2D eigenvalue weighted by molar-refractivity contribution is -0.127. The van der Waals surface area contributed by atoms with Crippen LogP contribution in [-0.4, -0.2) is 23.5 Å². The van der Waals surface area contributed by atoms with Crippen LogP contribution in [0.15, 0.2) is 5.16 Å². The predicted molar refractivity (Wildman–Crippen MR) is 71.3 cm³/mol. The lowest BCUT2D eigenvalue weighted by Gasteiger charge is -2.26. The van der Waals surface area contributed by atoms with Crippen LogP contribution in [0.25, 0.3) is 0 Å². The van der Waals surface area contributed by atoms with E-state index in [0.717, 1.165) is 5.92 Å². The molecule has 0 saturated heterocycles. The zero-order valence-corrected chi connectivity index (χ0v) is 11.6. The highest BCUT2D eigenvalue weighted by molar-refractivity contribution is 6.06. The van der Waals surface area contributed by atoms with Gasteiger partial charge >= 0.3 is 0 Å². The lowest BCUT2D eigenvalue weighted by Crippen LogP contribution is -2.48. The molecule has 4 N–H and O–H groups in total. The SMILES string of the molecule is CCC(C)(C(=O)NCC1CCC(C)C1)C(N)=NO. The summed E-state index contributed by atoms with van der Waals surface area (Å²) < 4.78 is 0. The van der Waals surface area contributed by atoms with Gasteiger partial charge in [-0.15, -0.1) is 0 Å². The van der Waals surface area contributed by atoms with Gasteiger partial charge in [0.15, 0.2) is 5.84 Å². The quantitative estimate of drug-likeness (QED) is 0.302. The summed E-state index contributed by atoms with van der Waals surface area (Å²) >= 11 is 0. The minimum atomic E-state index is -0.918. The normalized spacial score (nSPS) is 27.8. The minimum absolute atomic E-state index is 0.0257. The third-order valence-corrected chi connectivity index (χ3v) is 4.24. The molecule has 0 radical (unpaired) electrons. The van der Waals surface area contributed by atoms with Crippen LogP contribution in [0.1, 0.15) is 46.5 Å². The van der Waals surface area contributed by atoms with Gasteiger partial charge in [-0.25, -0.2) is 0 Å². The third-order valence-electron chi connectivity index (χ3n) is 4.24. The van der Waals surface area contributed by atoms with Gasteiger partial charge in [-0.05, 0) is 38.0 Å². The number of hydrogen-bond acceptors (Lipinski definition) is 3. The summed E-state index contributed by atoms with van der Waals surface area (Å²) in [6.45, 7) is 6.50. The van der Waals surface area contributed by atoms with Gasteiger partial charge in [0, 0.05) is 6.54 Å². The second-order valence-corrected chi connectivity index (χ2v) is 5.67. The molecule has 0 bridgehead atoms. The molecule has 3 atom stereocenters. The number of carbonyl (C=O) groups excluding carboxylic acids is 1. The summed E-state index contributed by atoms with van der Waals surface area (Å²) in [7, 11) is 0. The van der Waals surface area contributed by atoms with Crippen LogP contribution in [0.3, 0.4) is 0 Å². The Hall–Kier alpha value is -1.26. The van der Waals surface area contributed by atoms with Gasteiger partial charge < -0.3 is 16.3 Å². The van der Waals surface area contributed by atoms with Crippen LogP contribution >= 0.6 is 0 Å². The van der Waals surface area contributed by atoms with Crippen molar-refractivity contribution in [1.82, 2.24) is 5.32 Å². The van der Waals surface area contributed by atoms with Crippen molar-refractivity contribution >= 4 is 11.7 Å². The topological polar surface area (TPSA) is 87.7 Å². The van der Waals surface area contributed by atoms with E-state index in [2.05, 4.69) is 17.4 Å². The maximum atomic E-state index is 12.2. The second-order valence-electron chi connectivity index (χ2n) is 5.67. The molecule has 0 aromatic heterocycles. The number of amides is 1. The van der Waals surface area contributed by atoms with Crippen molar-refractivity contribution in [1.29, 1.82) is 0 Å². The molecule has 1 rings (SSSR count). The smallest absolute Gasteiger partial charge is 0.233 e. The van der Waals surface area contributed by atoms with Crippen molar-refractivity contribution in [3.05, 3.63) is 0 Å². The van der Waals surface area contributed by atoms with E-state index >= 15 is 0 Å². The van der Waals surface area contributed by atoms with Crippen LogP contribution in [0.2, 0.25) is 0 Å². The highest BCUT2D eigenvalue weighted by Gasteiger charge is 2.36. The van der Waals surface area contributed by atoms with Crippen molar-refractivity contribution in [3.63, 3.8) is 0 Å². The van der Waals surface area contributed by atoms with Gasteiger partial charge in [-0.2, -0.15) is 0 Å². The van der Waals surface area contributed by atoms with E-state index in [1.54, 1.807) is 6.92 Å². The van der Waals surface area contributed by atoms with Crippen molar-refractivity contribution < 1.29 is 10.0 Å². The Morgan fingerprint density at radius 3 is 2.67 bits per heavy atom. The molecule has 5 heteroatoms. The predicted octanol–water partition coefficient (Wildman–Crippen LogP) is 1.70. The Bertz CT molecular complexity index is 330. The number of oxime groups is 1. The van der Waals surface area contributed by atoms with Gasteiger partial charge in [0.2, 0.25) is 5.91 Å². The zero-order chi connectivity index (χ0) is 13.8. The van der Waals surface area contributed by atoms with E-state index < -0.39 is 5.41 Å². The number of hydrogen-bond donors (Lipinski definition) is 3. The fourth-order valence-corrected chi connectivity index (χ4v) is 2.51. The molecule has 0 spiro atoms. The Kier molecular flexibility index (Phi) is 4.99. The first kappa shape index (κ1) is 14.8. The van der Waals surface area contributed by atoms with Crippen LogP contribution < -0.4 is 11.1 Å². The maximum absolute atomic E-state index is 12.2. The Labute approximate surface area is 109 Å². The van der Waals surface area contributed by atoms with Gasteiger partial charge in [-0.3, -0.25) is 4.79 Å². The molecule has 1 aliphatic carbocycles. The Balaban J connectivity index is 2.53. The molecule has 5 nitrogen and oxygen atoms in total. The first-order chi connectivity index (χ1) is 8.43. The minimum Gasteiger partial charge on any atom is -0.409 e. The van der Waals surface area contributed by atoms with E-state index in [4.69, 9.17) is 10.9 Å². The van der Waals surface area contributed by atoms with E-state index in [-0.39, 0.29) is 11.7 Å². The molecule has 104 valence electrons. The number of nitrogens with two attached hydrogens (primary N) is 1. The van der Waals surface area contributed by atoms with Gasteiger partial charge in [0.1, 0.15) is 5.41 Å². The first-order valence-electron chi connectivity index (χ1n) is 6.70. The third kappa shape index (κ3) is 3.15. The monoisotopic (exact) mass is 255 g/mol. The molecule has 18 heavy (non-hydrogen) atoms. The van der Waals surface area contributed by atoms with Gasteiger partial charge in [0.05, 0.1) is 0 Å². The van der Waals surface area contributed by atoms with Gasteiger partial charge in [0.25, 0.3) is 0 Å². The van der Waals surface area contributed by atoms with E-state index in [1.807, 2.05) is 6.92 Å². The van der Waals surface area contributed by atoms with Crippen LogP contribution in [-0.2, 0) is 4.79 Å². The fourth-order valence-electron chi connectivity index (χ4n) is 2.51. The van der Waals surface area contributed by atoms with Crippen LogP contribution in [0.4, 0.5) is 0 Å².